The number of benzene rings is 2. The van der Waals surface area contributed by atoms with Crippen molar-refractivity contribution in [3.63, 3.8) is 0 Å². The standard InChI is InChI=1S/C42H48N6O4S/c1-25(2)52-35-18-27(4)20-42(19-26(3)12-14-33(35)42)24-48-22-29(21-43-48)30-13-15-37(45-38(30)40(50)51)47-17-16-28-8-7-9-31(32(28)23-47)39(49)46-41-44-34-10-5-6-11-36(34)53-41/h5-11,13,15,21-22,25-27,33,35H,12,14,16-20,23-24H2,1-4H3,(H,50,51)(H,44,46,49). The summed E-state index contributed by atoms with van der Waals surface area (Å²) in [6.45, 7) is 10.9. The van der Waals surface area contributed by atoms with Crippen LogP contribution in [-0.2, 0) is 24.2 Å². The van der Waals surface area contributed by atoms with Crippen molar-refractivity contribution in [1.29, 1.82) is 0 Å². The molecule has 4 heterocycles. The number of thiazole rings is 1. The third-order valence-electron chi connectivity index (χ3n) is 11.7. The van der Waals surface area contributed by atoms with Gasteiger partial charge in [-0.25, -0.2) is 14.8 Å². The van der Waals surface area contributed by atoms with E-state index in [-0.39, 0.29) is 29.2 Å². The molecule has 2 fully saturated rings. The fourth-order valence-corrected chi connectivity index (χ4v) is 10.5. The van der Waals surface area contributed by atoms with E-state index in [1.54, 1.807) is 6.20 Å². The van der Waals surface area contributed by atoms with E-state index in [0.717, 1.165) is 52.7 Å². The number of aromatic carboxylic acids is 1. The lowest BCUT2D eigenvalue weighted by atomic mass is 9.54. The SMILES string of the molecule is CC1CCC2C(OC(C)C)CC(C)CC2(Cn2cc(-c3ccc(N4CCc5cccc(C(=O)Nc6nc7ccccc7s6)c5C4)nc3C(=O)O)cn2)C1. The number of para-hydroxylation sites is 1. The molecule has 0 bridgehead atoms. The van der Waals surface area contributed by atoms with Crippen LogP contribution in [-0.4, -0.2) is 55.5 Å². The van der Waals surface area contributed by atoms with Gasteiger partial charge in [-0.05, 0) is 111 Å². The van der Waals surface area contributed by atoms with E-state index in [4.69, 9.17) is 14.8 Å². The van der Waals surface area contributed by atoms with Crippen LogP contribution < -0.4 is 10.2 Å². The molecule has 8 rings (SSSR count). The molecule has 0 saturated heterocycles. The van der Waals surface area contributed by atoms with Crippen LogP contribution in [0.15, 0.2) is 67.0 Å². The lowest BCUT2D eigenvalue weighted by molar-refractivity contribution is -0.137. The van der Waals surface area contributed by atoms with Gasteiger partial charge in [0.15, 0.2) is 10.8 Å². The molecule has 0 spiro atoms. The quantitative estimate of drug-likeness (QED) is 0.154. The van der Waals surface area contributed by atoms with Crippen LogP contribution in [0.3, 0.4) is 0 Å². The van der Waals surface area contributed by atoms with Gasteiger partial charge in [0.25, 0.3) is 5.91 Å². The molecule has 5 atom stereocenters. The zero-order chi connectivity index (χ0) is 36.9. The van der Waals surface area contributed by atoms with E-state index in [0.29, 0.717) is 59.3 Å². The van der Waals surface area contributed by atoms with Gasteiger partial charge in [-0.2, -0.15) is 5.10 Å². The maximum atomic E-state index is 13.6. The maximum absolute atomic E-state index is 13.6. The molecule has 1 amide bonds. The Hall–Kier alpha value is -4.61. The smallest absolute Gasteiger partial charge is 0.355 e. The van der Waals surface area contributed by atoms with Gasteiger partial charge >= 0.3 is 5.97 Å². The van der Waals surface area contributed by atoms with Gasteiger partial charge < -0.3 is 14.7 Å². The number of aromatic nitrogens is 4. The number of carboxylic acid groups (broad SMARTS) is 1. The summed E-state index contributed by atoms with van der Waals surface area (Å²) >= 11 is 1.45. The molecule has 0 radical (unpaired) electrons. The number of amides is 1. The highest BCUT2D eigenvalue weighted by molar-refractivity contribution is 7.22. The molecule has 53 heavy (non-hydrogen) atoms. The normalized spacial score (nSPS) is 24.2. The highest BCUT2D eigenvalue weighted by atomic mass is 32.1. The number of pyridine rings is 1. The van der Waals surface area contributed by atoms with Crippen molar-refractivity contribution in [3.05, 3.63) is 89.4 Å². The molecule has 276 valence electrons. The molecule has 5 unspecified atom stereocenters. The van der Waals surface area contributed by atoms with E-state index in [1.165, 1.54) is 24.2 Å². The number of nitrogens with zero attached hydrogens (tertiary/aromatic N) is 5. The monoisotopic (exact) mass is 732 g/mol. The number of hydrogen-bond acceptors (Lipinski definition) is 8. The second-order valence-corrected chi connectivity index (χ2v) is 17.0. The summed E-state index contributed by atoms with van der Waals surface area (Å²) in [7, 11) is 0. The first kappa shape index (κ1) is 35.4. The summed E-state index contributed by atoms with van der Waals surface area (Å²) in [6, 6.07) is 17.4. The molecule has 5 aromatic rings. The van der Waals surface area contributed by atoms with Crippen LogP contribution in [0.4, 0.5) is 10.9 Å². The fraction of sp³-hybridized carbons (Fsp3) is 0.452. The van der Waals surface area contributed by atoms with Crippen molar-refractivity contribution in [2.24, 2.45) is 23.2 Å². The van der Waals surface area contributed by atoms with Gasteiger partial charge in [-0.3, -0.25) is 14.8 Å². The first-order valence-corrected chi connectivity index (χ1v) is 19.8. The zero-order valence-electron chi connectivity index (χ0n) is 30.9. The van der Waals surface area contributed by atoms with Gasteiger partial charge in [-0.15, -0.1) is 0 Å². The largest absolute Gasteiger partial charge is 0.476 e. The average Bonchev–Trinajstić information content (AvgIpc) is 3.76. The third kappa shape index (κ3) is 7.09. The van der Waals surface area contributed by atoms with Gasteiger partial charge in [0.05, 0.1) is 28.6 Å². The number of hydrogen-bond donors (Lipinski definition) is 2. The lowest BCUT2D eigenvalue weighted by Crippen LogP contribution is -2.51. The van der Waals surface area contributed by atoms with Crippen molar-refractivity contribution in [1.82, 2.24) is 19.7 Å². The molecular weight excluding hydrogens is 685 g/mol. The number of carbonyl (C=O) groups excluding carboxylic acids is 1. The number of carbonyl (C=O) groups is 2. The summed E-state index contributed by atoms with van der Waals surface area (Å²) in [5, 5.41) is 18.8. The van der Waals surface area contributed by atoms with Crippen molar-refractivity contribution >= 4 is 44.4 Å². The third-order valence-corrected chi connectivity index (χ3v) is 12.6. The molecule has 1 aliphatic heterocycles. The Bertz CT molecular complexity index is 2120. The van der Waals surface area contributed by atoms with Crippen molar-refractivity contribution in [2.45, 2.75) is 91.5 Å². The summed E-state index contributed by atoms with van der Waals surface area (Å²) in [5.41, 5.74) is 4.82. The van der Waals surface area contributed by atoms with Gasteiger partial charge in [-0.1, -0.05) is 55.9 Å². The van der Waals surface area contributed by atoms with Crippen LogP contribution in [0.1, 0.15) is 91.8 Å². The summed E-state index contributed by atoms with van der Waals surface area (Å²) in [6.07, 6.45) is 10.7. The van der Waals surface area contributed by atoms with E-state index in [9.17, 15) is 14.7 Å². The highest BCUT2D eigenvalue weighted by Gasteiger charge is 2.51. The Morgan fingerprint density at radius 2 is 1.87 bits per heavy atom. The van der Waals surface area contributed by atoms with E-state index < -0.39 is 5.97 Å². The topological polar surface area (TPSA) is 122 Å². The zero-order valence-corrected chi connectivity index (χ0v) is 31.7. The Morgan fingerprint density at radius 1 is 1.04 bits per heavy atom. The van der Waals surface area contributed by atoms with Crippen LogP contribution in [0.5, 0.6) is 0 Å². The molecule has 3 aromatic heterocycles. The minimum Gasteiger partial charge on any atom is -0.476 e. The van der Waals surface area contributed by atoms with Crippen LogP contribution >= 0.6 is 11.3 Å². The Kier molecular flexibility index (Phi) is 9.57. The van der Waals surface area contributed by atoms with E-state index >= 15 is 0 Å². The summed E-state index contributed by atoms with van der Waals surface area (Å²) < 4.78 is 9.60. The van der Waals surface area contributed by atoms with E-state index in [2.05, 4.69) is 49.0 Å². The van der Waals surface area contributed by atoms with Crippen molar-refractivity contribution in [3.8, 4) is 11.1 Å². The number of carboxylic acids is 1. The minimum atomic E-state index is -1.09. The summed E-state index contributed by atoms with van der Waals surface area (Å²) in [5.74, 6) is 0.958. The van der Waals surface area contributed by atoms with Crippen molar-refractivity contribution < 1.29 is 19.4 Å². The average molecular weight is 733 g/mol. The second kappa shape index (κ2) is 14.3. The number of anilines is 2. The minimum absolute atomic E-state index is 0.00581. The fourth-order valence-electron chi connectivity index (χ4n) is 9.63. The van der Waals surface area contributed by atoms with Crippen LogP contribution in [0.2, 0.25) is 0 Å². The highest BCUT2D eigenvalue weighted by Crippen LogP contribution is 2.55. The predicted molar refractivity (Wildman–Crippen MR) is 209 cm³/mol. The molecule has 2 saturated carbocycles. The molecule has 2 aliphatic carbocycles. The molecular formula is C42H48N6O4S. The number of rotatable bonds is 9. The first-order chi connectivity index (χ1) is 25.5. The van der Waals surface area contributed by atoms with Gasteiger partial charge in [0.2, 0.25) is 0 Å². The Balaban J connectivity index is 1.03. The lowest BCUT2D eigenvalue weighted by Gasteiger charge is -2.54. The molecule has 10 nitrogen and oxygen atoms in total. The maximum Gasteiger partial charge on any atom is 0.355 e. The second-order valence-electron chi connectivity index (χ2n) is 16.0. The summed E-state index contributed by atoms with van der Waals surface area (Å²) in [4.78, 5) is 37.7. The van der Waals surface area contributed by atoms with Gasteiger partial charge in [0, 0.05) is 42.5 Å². The first-order valence-electron chi connectivity index (χ1n) is 19.0. The Morgan fingerprint density at radius 3 is 2.68 bits per heavy atom. The Labute approximate surface area is 314 Å². The van der Waals surface area contributed by atoms with Crippen LogP contribution in [0.25, 0.3) is 21.3 Å². The predicted octanol–water partition coefficient (Wildman–Crippen LogP) is 8.71. The van der Waals surface area contributed by atoms with Gasteiger partial charge in [0.1, 0.15) is 5.82 Å². The number of fused-ring (bicyclic) bond motifs is 3. The number of nitrogens with one attached hydrogen (secondary N) is 1. The van der Waals surface area contributed by atoms with E-state index in [1.807, 2.05) is 59.4 Å². The van der Waals surface area contributed by atoms with Crippen LogP contribution in [0, 0.1) is 23.2 Å². The number of ether oxygens (including phenoxy) is 1. The van der Waals surface area contributed by atoms with Crippen molar-refractivity contribution in [2.75, 3.05) is 16.8 Å². The molecule has 2 N–H and O–H groups in total. The molecule has 3 aliphatic rings. The molecule has 2 aromatic carbocycles. The molecule has 11 heteroatoms.